The Kier molecular flexibility index (Phi) is 1.88. The highest BCUT2D eigenvalue weighted by molar-refractivity contribution is 5.85. The summed E-state index contributed by atoms with van der Waals surface area (Å²) in [5.41, 5.74) is 5.83. The fourth-order valence-electron chi connectivity index (χ4n) is 2.48. The molecule has 0 fully saturated rings. The molecule has 0 N–H and O–H groups in total. The van der Waals surface area contributed by atoms with Crippen LogP contribution < -0.4 is 0 Å². The van der Waals surface area contributed by atoms with Crippen LogP contribution in [0.3, 0.4) is 0 Å². The average Bonchev–Trinajstić information content (AvgIpc) is 3.02. The predicted molar refractivity (Wildman–Crippen MR) is 71.8 cm³/mol. The molecule has 0 unspecified atom stereocenters. The summed E-state index contributed by atoms with van der Waals surface area (Å²) in [5, 5.41) is 8.46. The minimum atomic E-state index is 0.920. The first-order valence-electron chi connectivity index (χ1n) is 6.01. The van der Waals surface area contributed by atoms with E-state index in [0.717, 1.165) is 17.5 Å². The minimum absolute atomic E-state index is 0.920. The fraction of sp³-hybridized carbons (Fsp3) is 0.0667. The first kappa shape index (κ1) is 9.59. The number of aromatic nitrogens is 3. The third kappa shape index (κ3) is 1.31. The van der Waals surface area contributed by atoms with Gasteiger partial charge in [0.15, 0.2) is 0 Å². The van der Waals surface area contributed by atoms with Gasteiger partial charge in [0, 0.05) is 12.1 Å². The van der Waals surface area contributed by atoms with Gasteiger partial charge in [-0.05, 0) is 29.3 Å². The molecule has 0 radical (unpaired) electrons. The average molecular weight is 233 g/mol. The molecule has 3 nitrogen and oxygen atoms in total. The zero-order valence-electron chi connectivity index (χ0n) is 9.74. The molecule has 0 spiro atoms. The van der Waals surface area contributed by atoms with E-state index >= 15 is 0 Å². The lowest BCUT2D eigenvalue weighted by molar-refractivity contribution is 0.827. The van der Waals surface area contributed by atoms with Crippen molar-refractivity contribution in [3.63, 3.8) is 0 Å². The van der Waals surface area contributed by atoms with E-state index < -0.39 is 0 Å². The highest BCUT2D eigenvalue weighted by Gasteiger charge is 2.16. The summed E-state index contributed by atoms with van der Waals surface area (Å²) in [4.78, 5) is 0. The summed E-state index contributed by atoms with van der Waals surface area (Å²) in [7, 11) is 0. The first-order chi connectivity index (χ1) is 8.92. The topological polar surface area (TPSA) is 30.7 Å². The van der Waals surface area contributed by atoms with Crippen LogP contribution in [-0.4, -0.2) is 15.0 Å². The van der Waals surface area contributed by atoms with Crippen molar-refractivity contribution < 1.29 is 0 Å². The fourth-order valence-corrected chi connectivity index (χ4v) is 2.48. The number of fused-ring (bicyclic) bond motifs is 2. The molecule has 3 heteroatoms. The molecular formula is C15H11N3. The number of hydrogen-bond acceptors (Lipinski definition) is 2. The van der Waals surface area contributed by atoms with Crippen molar-refractivity contribution >= 4 is 22.8 Å². The van der Waals surface area contributed by atoms with Gasteiger partial charge in [-0.1, -0.05) is 41.6 Å². The highest BCUT2D eigenvalue weighted by Crippen LogP contribution is 2.28. The van der Waals surface area contributed by atoms with Crippen molar-refractivity contribution in [3.05, 3.63) is 59.7 Å². The largest absolute Gasteiger partial charge is 0.217 e. The molecule has 1 aliphatic rings. The number of nitrogens with zero attached hydrogens (tertiary/aromatic N) is 3. The van der Waals surface area contributed by atoms with Gasteiger partial charge in [0.2, 0.25) is 0 Å². The number of benzene rings is 2. The lowest BCUT2D eigenvalue weighted by Crippen LogP contribution is -1.99. The van der Waals surface area contributed by atoms with Gasteiger partial charge in [0.1, 0.15) is 5.52 Å². The van der Waals surface area contributed by atoms with Gasteiger partial charge in [0.25, 0.3) is 0 Å². The maximum Gasteiger partial charge on any atom is 0.113 e. The van der Waals surface area contributed by atoms with Crippen LogP contribution in [0, 0.1) is 0 Å². The monoisotopic (exact) mass is 233 g/mol. The van der Waals surface area contributed by atoms with Gasteiger partial charge in [-0.25, -0.2) is 4.68 Å². The molecule has 4 rings (SSSR count). The van der Waals surface area contributed by atoms with Gasteiger partial charge in [0.05, 0.1) is 5.52 Å². The van der Waals surface area contributed by atoms with Crippen molar-refractivity contribution in [1.29, 1.82) is 0 Å². The minimum Gasteiger partial charge on any atom is -0.217 e. The maximum atomic E-state index is 4.26. The second kappa shape index (κ2) is 3.53. The van der Waals surface area contributed by atoms with E-state index in [1.54, 1.807) is 0 Å². The molecule has 0 bridgehead atoms. The first-order valence-corrected chi connectivity index (χ1v) is 6.01. The van der Waals surface area contributed by atoms with Crippen molar-refractivity contribution in [2.24, 2.45) is 0 Å². The number of para-hydroxylation sites is 1. The van der Waals surface area contributed by atoms with Crippen LogP contribution in [0.25, 0.3) is 22.8 Å². The molecule has 86 valence electrons. The Hall–Kier alpha value is -2.42. The molecule has 2 aromatic carbocycles. The van der Waals surface area contributed by atoms with Crippen molar-refractivity contribution in [3.8, 4) is 0 Å². The van der Waals surface area contributed by atoms with E-state index in [4.69, 9.17) is 0 Å². The van der Waals surface area contributed by atoms with Gasteiger partial charge >= 0.3 is 0 Å². The summed E-state index contributed by atoms with van der Waals surface area (Å²) in [6.45, 7) is 0. The quantitative estimate of drug-likeness (QED) is 0.647. The predicted octanol–water partition coefficient (Wildman–Crippen LogP) is 2.99. The lowest BCUT2D eigenvalue weighted by atomic mass is 10.1. The van der Waals surface area contributed by atoms with E-state index in [2.05, 4.69) is 46.7 Å². The van der Waals surface area contributed by atoms with Crippen LogP contribution in [-0.2, 0) is 6.42 Å². The smallest absolute Gasteiger partial charge is 0.113 e. The maximum absolute atomic E-state index is 4.26. The normalized spacial score (nSPS) is 13.7. The van der Waals surface area contributed by atoms with Crippen LogP contribution in [0.4, 0.5) is 0 Å². The Labute approximate surface area is 104 Å². The van der Waals surface area contributed by atoms with Crippen molar-refractivity contribution in [1.82, 2.24) is 15.0 Å². The van der Waals surface area contributed by atoms with Crippen molar-refractivity contribution in [2.75, 3.05) is 0 Å². The molecule has 3 aromatic rings. The van der Waals surface area contributed by atoms with Gasteiger partial charge in [-0.2, -0.15) is 0 Å². The Bertz CT molecular complexity index is 768. The number of allylic oxidation sites excluding steroid dienone is 1. The van der Waals surface area contributed by atoms with E-state index in [9.17, 15) is 0 Å². The Morgan fingerprint density at radius 1 is 0.944 bits per heavy atom. The van der Waals surface area contributed by atoms with Crippen LogP contribution >= 0.6 is 0 Å². The van der Waals surface area contributed by atoms with Crippen LogP contribution in [0.5, 0.6) is 0 Å². The highest BCUT2D eigenvalue weighted by atomic mass is 15.4. The Morgan fingerprint density at radius 3 is 2.72 bits per heavy atom. The molecule has 0 saturated heterocycles. The van der Waals surface area contributed by atoms with Gasteiger partial charge in [-0.15, -0.1) is 5.10 Å². The lowest BCUT2D eigenvalue weighted by Gasteiger charge is -2.02. The Balaban J connectivity index is 1.87. The molecule has 0 amide bonds. The summed E-state index contributed by atoms with van der Waals surface area (Å²) in [6.07, 6.45) is 3.11. The molecule has 0 atom stereocenters. The third-order valence-electron chi connectivity index (χ3n) is 3.37. The molecular weight excluding hydrogens is 222 g/mol. The van der Waals surface area contributed by atoms with Gasteiger partial charge in [-0.3, -0.25) is 0 Å². The van der Waals surface area contributed by atoms with E-state index in [-0.39, 0.29) is 0 Å². The van der Waals surface area contributed by atoms with E-state index in [1.807, 2.05) is 22.9 Å². The molecule has 0 aliphatic heterocycles. The van der Waals surface area contributed by atoms with Crippen LogP contribution in [0.2, 0.25) is 0 Å². The number of rotatable bonds is 1. The van der Waals surface area contributed by atoms with E-state index in [0.29, 0.717) is 0 Å². The zero-order chi connectivity index (χ0) is 11.9. The summed E-state index contributed by atoms with van der Waals surface area (Å²) in [6, 6.07) is 16.5. The summed E-state index contributed by atoms with van der Waals surface area (Å²) < 4.78 is 1.94. The molecule has 0 saturated carbocycles. The molecule has 1 heterocycles. The molecule has 18 heavy (non-hydrogen) atoms. The standard InChI is InChI=1S/C15H11N3/c1-2-6-12-10-13(9-11(12)5-1)18-15-8-4-3-7-14(15)16-17-18/h1-9H,10H2. The number of hydrogen-bond donors (Lipinski definition) is 0. The van der Waals surface area contributed by atoms with Crippen molar-refractivity contribution in [2.45, 2.75) is 6.42 Å². The summed E-state index contributed by atoms with van der Waals surface area (Å²) >= 11 is 0. The van der Waals surface area contributed by atoms with Crippen LogP contribution in [0.15, 0.2) is 48.5 Å². The van der Waals surface area contributed by atoms with E-state index in [1.165, 1.54) is 16.8 Å². The molecule has 1 aromatic heterocycles. The van der Waals surface area contributed by atoms with Gasteiger partial charge < -0.3 is 0 Å². The second-order valence-corrected chi connectivity index (χ2v) is 4.50. The molecule has 1 aliphatic carbocycles. The zero-order valence-corrected chi connectivity index (χ0v) is 9.74. The third-order valence-corrected chi connectivity index (χ3v) is 3.37. The SMILES string of the molecule is C1=C(n2nnc3ccccc32)Cc2ccccc21. The van der Waals surface area contributed by atoms with Crippen LogP contribution in [0.1, 0.15) is 11.1 Å². The second-order valence-electron chi connectivity index (χ2n) is 4.50. The summed E-state index contributed by atoms with van der Waals surface area (Å²) in [5.74, 6) is 0. The Morgan fingerprint density at radius 2 is 1.78 bits per heavy atom.